The molecule has 0 unspecified atom stereocenters. The van der Waals surface area contributed by atoms with Crippen molar-refractivity contribution in [3.8, 4) is 5.75 Å². The Hall–Kier alpha value is -2.67. The highest BCUT2D eigenvalue weighted by atomic mass is 16.5. The minimum atomic E-state index is -0.155. The van der Waals surface area contributed by atoms with E-state index >= 15 is 0 Å². The van der Waals surface area contributed by atoms with Gasteiger partial charge in [-0.1, -0.05) is 13.3 Å². The highest BCUT2D eigenvalue weighted by molar-refractivity contribution is 5.94. The van der Waals surface area contributed by atoms with Crippen LogP contribution < -0.4 is 15.0 Å². The fraction of sp³-hybridized carbons (Fsp3) is 0.476. The maximum Gasteiger partial charge on any atom is 0.251 e. The zero-order chi connectivity index (χ0) is 19.8. The van der Waals surface area contributed by atoms with Crippen molar-refractivity contribution in [1.82, 2.24) is 15.3 Å². The predicted molar refractivity (Wildman–Crippen MR) is 108 cm³/mol. The average molecular weight is 384 g/mol. The Bertz CT molecular complexity index is 774. The minimum Gasteiger partial charge on any atom is -0.494 e. The van der Waals surface area contributed by atoms with E-state index in [-0.39, 0.29) is 12.5 Å². The number of nitrogens with zero attached hydrogens (tertiary/aromatic N) is 3. The summed E-state index contributed by atoms with van der Waals surface area (Å²) >= 11 is 0. The van der Waals surface area contributed by atoms with Crippen molar-refractivity contribution in [3.63, 3.8) is 0 Å². The molecular weight excluding hydrogens is 356 g/mol. The fourth-order valence-electron chi connectivity index (χ4n) is 2.94. The number of benzene rings is 1. The van der Waals surface area contributed by atoms with E-state index in [0.717, 1.165) is 43.2 Å². The summed E-state index contributed by atoms with van der Waals surface area (Å²) in [7, 11) is 0. The van der Waals surface area contributed by atoms with Crippen molar-refractivity contribution in [1.29, 1.82) is 0 Å². The van der Waals surface area contributed by atoms with Gasteiger partial charge in [-0.2, -0.15) is 0 Å². The van der Waals surface area contributed by atoms with Gasteiger partial charge in [0.25, 0.3) is 5.91 Å². The smallest absolute Gasteiger partial charge is 0.251 e. The minimum absolute atomic E-state index is 0.155. The van der Waals surface area contributed by atoms with Crippen molar-refractivity contribution in [3.05, 3.63) is 47.4 Å². The van der Waals surface area contributed by atoms with Crippen molar-refractivity contribution < 1.29 is 14.3 Å². The molecule has 2 aromatic rings. The quantitative estimate of drug-likeness (QED) is 0.705. The largest absolute Gasteiger partial charge is 0.494 e. The lowest BCUT2D eigenvalue weighted by atomic mass is 10.2. The van der Waals surface area contributed by atoms with Gasteiger partial charge in [-0.25, -0.2) is 9.97 Å². The monoisotopic (exact) mass is 384 g/mol. The molecular formula is C21H28N4O3. The number of ether oxygens (including phenoxy) is 2. The molecule has 7 heteroatoms. The summed E-state index contributed by atoms with van der Waals surface area (Å²) in [5.41, 5.74) is 1.47. The summed E-state index contributed by atoms with van der Waals surface area (Å²) in [6, 6.07) is 9.15. The number of nitrogens with one attached hydrogen (secondary N) is 1. The standard InChI is InChI=1S/C21H28N4O3/c1-3-4-11-28-18-7-5-17(6-8-18)21(26)22-15-19-23-16(2)14-20(24-19)25-9-12-27-13-10-25/h5-8,14H,3-4,9-13,15H2,1-2H3,(H,22,26). The first-order valence-corrected chi connectivity index (χ1v) is 9.84. The summed E-state index contributed by atoms with van der Waals surface area (Å²) < 4.78 is 11.0. The van der Waals surface area contributed by atoms with Crippen molar-refractivity contribution in [2.75, 3.05) is 37.8 Å². The molecule has 1 aromatic carbocycles. The third kappa shape index (κ3) is 5.66. The molecule has 0 atom stereocenters. The maximum absolute atomic E-state index is 12.4. The number of unbranched alkanes of at least 4 members (excludes halogenated alkanes) is 1. The van der Waals surface area contributed by atoms with Gasteiger partial charge in [-0.15, -0.1) is 0 Å². The third-order valence-corrected chi connectivity index (χ3v) is 4.51. The molecule has 1 aliphatic rings. The average Bonchev–Trinajstić information content (AvgIpc) is 2.73. The number of morpholine rings is 1. The number of amides is 1. The highest BCUT2D eigenvalue weighted by Crippen LogP contribution is 2.15. The zero-order valence-corrected chi connectivity index (χ0v) is 16.6. The lowest BCUT2D eigenvalue weighted by molar-refractivity contribution is 0.0950. The molecule has 0 bridgehead atoms. The molecule has 1 amide bonds. The van der Waals surface area contributed by atoms with Crippen LogP contribution in [0.2, 0.25) is 0 Å². The summed E-state index contributed by atoms with van der Waals surface area (Å²) in [6.45, 7) is 8.07. The van der Waals surface area contributed by atoms with E-state index in [0.29, 0.717) is 31.2 Å². The van der Waals surface area contributed by atoms with Gasteiger partial charge in [-0.05, 0) is 37.6 Å². The lowest BCUT2D eigenvalue weighted by Crippen LogP contribution is -2.37. The first-order valence-electron chi connectivity index (χ1n) is 9.84. The lowest BCUT2D eigenvalue weighted by Gasteiger charge is -2.28. The van der Waals surface area contributed by atoms with Crippen LogP contribution in [0, 0.1) is 6.92 Å². The number of aryl methyl sites for hydroxylation is 1. The van der Waals surface area contributed by atoms with Crippen LogP contribution >= 0.6 is 0 Å². The molecule has 150 valence electrons. The SMILES string of the molecule is CCCCOc1ccc(C(=O)NCc2nc(C)cc(N3CCOCC3)n2)cc1. The van der Waals surface area contributed by atoms with Gasteiger partial charge in [0, 0.05) is 30.4 Å². The van der Waals surface area contributed by atoms with Crippen LogP contribution in [-0.2, 0) is 11.3 Å². The molecule has 1 aliphatic heterocycles. The van der Waals surface area contributed by atoms with Crippen LogP contribution in [0.4, 0.5) is 5.82 Å². The van der Waals surface area contributed by atoms with E-state index in [2.05, 4.69) is 27.1 Å². The van der Waals surface area contributed by atoms with Gasteiger partial charge in [0.2, 0.25) is 0 Å². The molecule has 28 heavy (non-hydrogen) atoms. The second-order valence-corrected chi connectivity index (χ2v) is 6.79. The Morgan fingerprint density at radius 3 is 2.68 bits per heavy atom. The van der Waals surface area contributed by atoms with Crippen LogP contribution in [0.3, 0.4) is 0 Å². The number of anilines is 1. The van der Waals surface area contributed by atoms with Gasteiger partial charge in [0.05, 0.1) is 26.4 Å². The Morgan fingerprint density at radius 1 is 1.21 bits per heavy atom. The van der Waals surface area contributed by atoms with E-state index in [1.807, 2.05) is 25.1 Å². The van der Waals surface area contributed by atoms with E-state index in [9.17, 15) is 4.79 Å². The normalized spacial score (nSPS) is 14.0. The maximum atomic E-state index is 12.4. The second kappa shape index (κ2) is 10.0. The number of aromatic nitrogens is 2. The van der Waals surface area contributed by atoms with Gasteiger partial charge >= 0.3 is 0 Å². The van der Waals surface area contributed by atoms with Crippen LogP contribution in [-0.4, -0.2) is 48.8 Å². The van der Waals surface area contributed by atoms with Crippen LogP contribution in [0.5, 0.6) is 5.75 Å². The van der Waals surface area contributed by atoms with Crippen LogP contribution in [0.1, 0.15) is 41.6 Å². The third-order valence-electron chi connectivity index (χ3n) is 4.51. The first-order chi connectivity index (χ1) is 13.7. The molecule has 1 fully saturated rings. The predicted octanol–water partition coefficient (Wildman–Crippen LogP) is 2.73. The van der Waals surface area contributed by atoms with Gasteiger partial charge in [0.1, 0.15) is 17.4 Å². The molecule has 1 saturated heterocycles. The Morgan fingerprint density at radius 2 is 1.96 bits per heavy atom. The van der Waals surface area contributed by atoms with Crippen LogP contribution in [0.15, 0.2) is 30.3 Å². The molecule has 1 N–H and O–H groups in total. The van der Waals surface area contributed by atoms with Crippen molar-refractivity contribution in [2.45, 2.75) is 33.2 Å². The van der Waals surface area contributed by atoms with Gasteiger partial charge in [-0.3, -0.25) is 4.79 Å². The van der Waals surface area contributed by atoms with Gasteiger partial charge in [0.15, 0.2) is 0 Å². The van der Waals surface area contributed by atoms with E-state index < -0.39 is 0 Å². The number of carbonyl (C=O) groups excluding carboxylic acids is 1. The molecule has 0 saturated carbocycles. The first kappa shape index (κ1) is 20.1. The van der Waals surface area contributed by atoms with E-state index in [4.69, 9.17) is 9.47 Å². The Labute approximate surface area is 166 Å². The summed E-state index contributed by atoms with van der Waals surface area (Å²) in [4.78, 5) is 23.7. The molecule has 2 heterocycles. The topological polar surface area (TPSA) is 76.6 Å². The summed E-state index contributed by atoms with van der Waals surface area (Å²) in [5.74, 6) is 2.11. The van der Waals surface area contributed by atoms with E-state index in [1.54, 1.807) is 12.1 Å². The van der Waals surface area contributed by atoms with Crippen LogP contribution in [0.25, 0.3) is 0 Å². The number of hydrogen-bond acceptors (Lipinski definition) is 6. The molecule has 0 aliphatic carbocycles. The van der Waals surface area contributed by atoms with Gasteiger partial charge < -0.3 is 19.7 Å². The number of carbonyl (C=O) groups is 1. The highest BCUT2D eigenvalue weighted by Gasteiger charge is 2.14. The number of rotatable bonds is 8. The molecule has 1 aromatic heterocycles. The summed E-state index contributed by atoms with van der Waals surface area (Å²) in [6.07, 6.45) is 2.11. The molecule has 0 radical (unpaired) electrons. The number of hydrogen-bond donors (Lipinski definition) is 1. The van der Waals surface area contributed by atoms with Crippen molar-refractivity contribution >= 4 is 11.7 Å². The zero-order valence-electron chi connectivity index (χ0n) is 16.6. The molecule has 3 rings (SSSR count). The molecule has 0 spiro atoms. The van der Waals surface area contributed by atoms with E-state index in [1.165, 1.54) is 0 Å². The second-order valence-electron chi connectivity index (χ2n) is 6.79. The van der Waals surface area contributed by atoms with Crippen molar-refractivity contribution in [2.24, 2.45) is 0 Å². The Kier molecular flexibility index (Phi) is 7.19. The Balaban J connectivity index is 1.57. The molecule has 7 nitrogen and oxygen atoms in total. The summed E-state index contributed by atoms with van der Waals surface area (Å²) in [5, 5.41) is 2.90. The fourth-order valence-corrected chi connectivity index (χ4v) is 2.94.